The molecule has 188 valence electrons. The molecule has 4 fully saturated rings. The van der Waals surface area contributed by atoms with Crippen LogP contribution in [0.5, 0.6) is 0 Å². The van der Waals surface area contributed by atoms with Crippen LogP contribution in [0, 0.1) is 23.6 Å². The smallest absolute Gasteiger partial charge is 0.334 e. The van der Waals surface area contributed by atoms with Gasteiger partial charge in [0.2, 0.25) is 0 Å². The van der Waals surface area contributed by atoms with Gasteiger partial charge in [-0.25, -0.2) is 9.07 Å². The molecule has 1 aromatic heterocycles. The summed E-state index contributed by atoms with van der Waals surface area (Å²) in [5.74, 6) is -0.555. The van der Waals surface area contributed by atoms with Crippen LogP contribution in [0.3, 0.4) is 0 Å². The molecule has 0 spiro atoms. The lowest BCUT2D eigenvalue weighted by atomic mass is 9.66. The van der Waals surface area contributed by atoms with Crippen LogP contribution in [0.4, 0.5) is 17.6 Å². The van der Waals surface area contributed by atoms with Crippen LogP contribution in [-0.4, -0.2) is 56.4 Å². The average molecular weight is 500 g/mol. The van der Waals surface area contributed by atoms with Gasteiger partial charge < -0.3 is 4.90 Å². The fourth-order valence-corrected chi connectivity index (χ4v) is 6.47. The van der Waals surface area contributed by atoms with Crippen LogP contribution in [0.2, 0.25) is 0 Å². The summed E-state index contributed by atoms with van der Waals surface area (Å²) in [7, 11) is 0. The molecule has 7 rings (SSSR count). The highest BCUT2D eigenvalue weighted by Gasteiger charge is 2.54. The number of hydrogen-bond acceptors (Lipinski definition) is 4. The molecule has 1 aliphatic carbocycles. The lowest BCUT2D eigenvalue weighted by Crippen LogP contribution is -2.59. The number of alkyl halides is 3. The Balaban J connectivity index is 1.28. The number of likely N-dealkylation sites (tertiary alicyclic amines) is 1. The molecule has 3 aromatic rings. The first-order valence-electron chi connectivity index (χ1n) is 12.2. The molecule has 1 saturated carbocycles. The Hall–Kier alpha value is -3.27. The number of aromatic nitrogens is 3. The molecule has 2 aromatic carbocycles. The van der Waals surface area contributed by atoms with E-state index in [2.05, 4.69) is 27.3 Å². The molecule has 3 aliphatic heterocycles. The largest absolute Gasteiger partial charge is 0.435 e. The average Bonchev–Trinajstić information content (AvgIpc) is 3.50. The normalized spacial score (nSPS) is 25.8. The molecule has 1 amide bonds. The van der Waals surface area contributed by atoms with Gasteiger partial charge >= 0.3 is 6.18 Å². The highest BCUT2D eigenvalue weighted by molar-refractivity contribution is 5.94. The zero-order chi connectivity index (χ0) is 25.0. The van der Waals surface area contributed by atoms with Crippen molar-refractivity contribution in [3.05, 3.63) is 77.4 Å². The Morgan fingerprint density at radius 1 is 0.972 bits per heavy atom. The molecular weight excluding hydrogens is 474 g/mol. The number of piperidine rings is 2. The molecule has 4 unspecified atom stereocenters. The number of hydrogen-bond donors (Lipinski definition) is 0. The number of carbonyl (C=O) groups excluding carboxylic acids is 1. The summed E-state index contributed by atoms with van der Waals surface area (Å²) in [6, 6.07) is 14.7. The van der Waals surface area contributed by atoms with Gasteiger partial charge in [-0.3, -0.25) is 9.69 Å². The van der Waals surface area contributed by atoms with Gasteiger partial charge in [-0.2, -0.15) is 13.2 Å². The minimum absolute atomic E-state index is 0.131. The van der Waals surface area contributed by atoms with E-state index in [4.69, 9.17) is 0 Å². The van der Waals surface area contributed by atoms with E-state index in [1.54, 1.807) is 4.90 Å². The molecule has 3 saturated heterocycles. The number of halogens is 4. The fraction of sp³-hybridized carbons (Fsp3) is 0.423. The van der Waals surface area contributed by atoms with Gasteiger partial charge in [0.05, 0.1) is 5.69 Å². The van der Waals surface area contributed by atoms with E-state index in [0.29, 0.717) is 17.1 Å². The first-order valence-corrected chi connectivity index (χ1v) is 12.2. The van der Waals surface area contributed by atoms with Crippen molar-refractivity contribution in [3.63, 3.8) is 0 Å². The van der Waals surface area contributed by atoms with Gasteiger partial charge in [0.1, 0.15) is 5.82 Å². The summed E-state index contributed by atoms with van der Waals surface area (Å²) < 4.78 is 56.7. The third-order valence-electron chi connectivity index (χ3n) is 7.96. The highest BCUT2D eigenvalue weighted by Crippen LogP contribution is 2.48. The fourth-order valence-electron chi connectivity index (χ4n) is 6.47. The van der Waals surface area contributed by atoms with E-state index in [9.17, 15) is 22.4 Å². The molecule has 4 aliphatic rings. The number of fused-ring (bicyclic) bond motifs is 2. The first kappa shape index (κ1) is 23.1. The first-order chi connectivity index (χ1) is 17.3. The SMILES string of the molecule is O=C(c1nnn(-c2cccc(F)c2)c1C(F)(F)F)N1CC2CCC1C1CN(Cc3ccccc3)CC21. The predicted molar refractivity (Wildman–Crippen MR) is 123 cm³/mol. The number of nitrogens with zero attached hydrogens (tertiary/aromatic N) is 5. The maximum atomic E-state index is 14.1. The minimum atomic E-state index is -4.89. The van der Waals surface area contributed by atoms with Gasteiger partial charge in [-0.15, -0.1) is 5.10 Å². The van der Waals surface area contributed by atoms with Crippen LogP contribution in [0.25, 0.3) is 5.69 Å². The predicted octanol–water partition coefficient (Wildman–Crippen LogP) is 4.41. The number of amides is 1. The van der Waals surface area contributed by atoms with E-state index in [1.165, 1.54) is 17.7 Å². The third-order valence-corrected chi connectivity index (χ3v) is 7.96. The van der Waals surface area contributed by atoms with Gasteiger partial charge in [0.25, 0.3) is 5.91 Å². The molecule has 4 heterocycles. The van der Waals surface area contributed by atoms with Gasteiger partial charge in [0, 0.05) is 32.2 Å². The topological polar surface area (TPSA) is 54.3 Å². The van der Waals surface area contributed by atoms with E-state index in [0.717, 1.165) is 44.6 Å². The highest BCUT2D eigenvalue weighted by atomic mass is 19.4. The van der Waals surface area contributed by atoms with Gasteiger partial charge in [-0.05, 0) is 54.4 Å². The molecule has 6 nitrogen and oxygen atoms in total. The molecule has 10 heteroatoms. The molecular formula is C26H25F4N5O. The van der Waals surface area contributed by atoms with Crippen LogP contribution < -0.4 is 0 Å². The molecule has 0 N–H and O–H groups in total. The van der Waals surface area contributed by atoms with Crippen molar-refractivity contribution in [3.8, 4) is 5.69 Å². The summed E-state index contributed by atoms with van der Waals surface area (Å²) in [6.45, 7) is 2.99. The second-order valence-electron chi connectivity index (χ2n) is 10.0. The second kappa shape index (κ2) is 8.69. The minimum Gasteiger partial charge on any atom is -0.334 e. The Bertz CT molecular complexity index is 1280. The lowest BCUT2D eigenvalue weighted by Gasteiger charge is -2.51. The zero-order valence-electron chi connectivity index (χ0n) is 19.4. The van der Waals surface area contributed by atoms with E-state index in [-0.39, 0.29) is 23.6 Å². The lowest BCUT2D eigenvalue weighted by molar-refractivity contribution is -0.143. The zero-order valence-corrected chi connectivity index (χ0v) is 19.4. The Morgan fingerprint density at radius 3 is 2.50 bits per heavy atom. The Morgan fingerprint density at radius 2 is 1.75 bits per heavy atom. The Labute approximate surface area is 205 Å². The van der Waals surface area contributed by atoms with Crippen LogP contribution >= 0.6 is 0 Å². The third kappa shape index (κ3) is 3.97. The van der Waals surface area contributed by atoms with Crippen molar-refractivity contribution in [1.82, 2.24) is 24.8 Å². The molecule has 0 radical (unpaired) electrons. The van der Waals surface area contributed by atoms with Crippen molar-refractivity contribution in [2.75, 3.05) is 19.6 Å². The second-order valence-corrected chi connectivity index (χ2v) is 10.0. The van der Waals surface area contributed by atoms with Crippen molar-refractivity contribution in [2.24, 2.45) is 17.8 Å². The van der Waals surface area contributed by atoms with E-state index < -0.39 is 29.3 Å². The maximum Gasteiger partial charge on any atom is 0.435 e. The van der Waals surface area contributed by atoms with Crippen LogP contribution in [0.15, 0.2) is 54.6 Å². The summed E-state index contributed by atoms with van der Waals surface area (Å²) in [6.07, 6.45) is -3.15. The monoisotopic (exact) mass is 499 g/mol. The maximum absolute atomic E-state index is 14.1. The van der Waals surface area contributed by atoms with Crippen molar-refractivity contribution >= 4 is 5.91 Å². The summed E-state index contributed by atoms with van der Waals surface area (Å²) in [5.41, 5.74) is -0.912. The molecule has 2 bridgehead atoms. The van der Waals surface area contributed by atoms with E-state index >= 15 is 0 Å². The number of benzene rings is 2. The summed E-state index contributed by atoms with van der Waals surface area (Å²) in [4.78, 5) is 17.5. The number of rotatable bonds is 4. The van der Waals surface area contributed by atoms with Gasteiger partial charge in [-0.1, -0.05) is 41.6 Å². The molecule has 36 heavy (non-hydrogen) atoms. The van der Waals surface area contributed by atoms with Gasteiger partial charge in [0.15, 0.2) is 11.4 Å². The van der Waals surface area contributed by atoms with Crippen LogP contribution in [0.1, 0.15) is 34.6 Å². The Kier molecular flexibility index (Phi) is 5.59. The standard InChI is InChI=1S/C26H25F4N5O/c27-18-7-4-8-19(11-18)35-24(26(28,29)30)23(31-32-35)25(36)34-13-17-9-10-22(34)21-15-33(14-20(17)21)12-16-5-2-1-3-6-16/h1-8,11,17,20-22H,9-10,12-15H2. The van der Waals surface area contributed by atoms with Crippen molar-refractivity contribution < 1.29 is 22.4 Å². The van der Waals surface area contributed by atoms with E-state index in [1.807, 2.05) is 18.2 Å². The van der Waals surface area contributed by atoms with Crippen molar-refractivity contribution in [1.29, 1.82) is 0 Å². The number of carbonyl (C=O) groups is 1. The van der Waals surface area contributed by atoms with Crippen LogP contribution in [-0.2, 0) is 12.7 Å². The summed E-state index contributed by atoms with van der Waals surface area (Å²) in [5, 5.41) is 7.29. The van der Waals surface area contributed by atoms with Crippen molar-refractivity contribution in [2.45, 2.75) is 31.6 Å². The summed E-state index contributed by atoms with van der Waals surface area (Å²) >= 11 is 0. The quantitative estimate of drug-likeness (QED) is 0.500. The molecule has 4 atom stereocenters.